The van der Waals surface area contributed by atoms with Crippen LogP contribution in [0.3, 0.4) is 0 Å². The van der Waals surface area contributed by atoms with Crippen molar-refractivity contribution in [3.63, 3.8) is 0 Å². The molecule has 1 heteroatoms. The number of pyridine rings is 1. The number of nitrogens with zero attached hydrogens (tertiary/aromatic N) is 1. The highest BCUT2D eigenvalue weighted by Crippen LogP contribution is 2.34. The lowest BCUT2D eigenvalue weighted by Crippen LogP contribution is -2.06. The second kappa shape index (κ2) is 5.24. The zero-order valence-corrected chi connectivity index (χ0v) is 13.3. The summed E-state index contributed by atoms with van der Waals surface area (Å²) in [7, 11) is 0. The Bertz CT molecular complexity index is 846. The summed E-state index contributed by atoms with van der Waals surface area (Å²) in [5, 5.41) is 1.34. The second-order valence-corrected chi connectivity index (χ2v) is 6.74. The van der Waals surface area contributed by atoms with Crippen LogP contribution in [0.25, 0.3) is 22.2 Å². The van der Waals surface area contributed by atoms with Gasteiger partial charge in [-0.2, -0.15) is 0 Å². The maximum atomic E-state index is 5.03. The van der Waals surface area contributed by atoms with Crippen LogP contribution >= 0.6 is 0 Å². The lowest BCUT2D eigenvalue weighted by atomic mass is 9.87. The molecule has 110 valence electrons. The van der Waals surface area contributed by atoms with E-state index in [1.165, 1.54) is 33.3 Å². The van der Waals surface area contributed by atoms with Gasteiger partial charge in [0.15, 0.2) is 0 Å². The van der Waals surface area contributed by atoms with Crippen molar-refractivity contribution in [1.29, 1.82) is 0 Å². The molecule has 0 spiro atoms. The number of benzene rings is 2. The molecular weight excluding hydrogens is 266 g/mol. The highest BCUT2D eigenvalue weighted by molar-refractivity contribution is 5.87. The fourth-order valence-corrected chi connectivity index (χ4v) is 3.58. The van der Waals surface area contributed by atoms with Gasteiger partial charge in [0, 0.05) is 10.9 Å². The number of fused-ring (bicyclic) bond motifs is 4. The van der Waals surface area contributed by atoms with E-state index in [-0.39, 0.29) is 0 Å². The Kier molecular flexibility index (Phi) is 3.22. The van der Waals surface area contributed by atoms with Crippen LogP contribution in [0.2, 0.25) is 0 Å². The van der Waals surface area contributed by atoms with E-state index >= 15 is 0 Å². The summed E-state index contributed by atoms with van der Waals surface area (Å²) in [5.74, 6) is 0.669. The van der Waals surface area contributed by atoms with E-state index in [4.69, 9.17) is 4.98 Å². The third-order valence-corrected chi connectivity index (χ3v) is 4.59. The van der Waals surface area contributed by atoms with E-state index in [2.05, 4.69) is 62.4 Å². The van der Waals surface area contributed by atoms with Crippen molar-refractivity contribution in [1.82, 2.24) is 4.98 Å². The molecule has 3 aromatic rings. The van der Waals surface area contributed by atoms with Gasteiger partial charge in [-0.3, -0.25) is 0 Å². The van der Waals surface area contributed by atoms with Crippen LogP contribution in [0.4, 0.5) is 0 Å². The minimum atomic E-state index is 0.669. The van der Waals surface area contributed by atoms with Gasteiger partial charge in [-0.15, -0.1) is 0 Å². The molecule has 0 aliphatic heterocycles. The predicted molar refractivity (Wildman–Crippen MR) is 93.1 cm³/mol. The zero-order chi connectivity index (χ0) is 15.1. The number of rotatable bonds is 2. The quantitative estimate of drug-likeness (QED) is 0.631. The first-order valence-corrected chi connectivity index (χ1v) is 8.22. The van der Waals surface area contributed by atoms with Crippen molar-refractivity contribution in [2.24, 2.45) is 5.92 Å². The summed E-state index contributed by atoms with van der Waals surface area (Å²) in [6.45, 7) is 4.56. The van der Waals surface area contributed by atoms with Crippen molar-refractivity contribution in [3.8, 4) is 11.3 Å². The Balaban J connectivity index is 1.93. The van der Waals surface area contributed by atoms with Crippen LogP contribution in [0.5, 0.6) is 0 Å². The molecule has 1 aromatic heterocycles. The lowest BCUT2D eigenvalue weighted by Gasteiger charge is -2.20. The largest absolute Gasteiger partial charge is 0.247 e. The summed E-state index contributed by atoms with van der Waals surface area (Å²) >= 11 is 0. The molecule has 0 N–H and O–H groups in total. The first kappa shape index (κ1) is 13.5. The van der Waals surface area contributed by atoms with Gasteiger partial charge in [-0.05, 0) is 54.0 Å². The van der Waals surface area contributed by atoms with Gasteiger partial charge < -0.3 is 0 Å². The first-order valence-electron chi connectivity index (χ1n) is 8.22. The second-order valence-electron chi connectivity index (χ2n) is 6.74. The van der Waals surface area contributed by atoms with Crippen molar-refractivity contribution >= 4 is 10.9 Å². The van der Waals surface area contributed by atoms with Gasteiger partial charge >= 0.3 is 0 Å². The average Bonchev–Trinajstić information content (AvgIpc) is 2.53. The van der Waals surface area contributed by atoms with Crippen molar-refractivity contribution in [2.75, 3.05) is 0 Å². The average molecular weight is 287 g/mol. The highest BCUT2D eigenvalue weighted by atomic mass is 14.7. The molecule has 0 saturated carbocycles. The summed E-state index contributed by atoms with van der Waals surface area (Å²) in [6, 6.07) is 17.6. The van der Waals surface area contributed by atoms with Crippen LogP contribution in [-0.4, -0.2) is 4.98 Å². The van der Waals surface area contributed by atoms with Crippen molar-refractivity contribution in [2.45, 2.75) is 33.1 Å². The molecule has 0 radical (unpaired) electrons. The number of aryl methyl sites for hydroxylation is 2. The number of aromatic nitrogens is 1. The summed E-state index contributed by atoms with van der Waals surface area (Å²) in [6.07, 6.45) is 3.35. The molecule has 0 unspecified atom stereocenters. The van der Waals surface area contributed by atoms with E-state index < -0.39 is 0 Å². The third kappa shape index (κ3) is 2.21. The molecule has 4 rings (SSSR count). The maximum Gasteiger partial charge on any atom is 0.0744 e. The Hall–Kier alpha value is -2.15. The van der Waals surface area contributed by atoms with E-state index in [1.54, 1.807) is 0 Å². The Labute approximate surface area is 132 Å². The van der Waals surface area contributed by atoms with Gasteiger partial charge in [0.1, 0.15) is 0 Å². The Morgan fingerprint density at radius 3 is 2.64 bits per heavy atom. The highest BCUT2D eigenvalue weighted by Gasteiger charge is 2.18. The molecule has 0 atom stereocenters. The Morgan fingerprint density at radius 2 is 1.77 bits per heavy atom. The molecular formula is C21H21N. The fourth-order valence-electron chi connectivity index (χ4n) is 3.58. The molecule has 0 fully saturated rings. The van der Waals surface area contributed by atoms with Crippen molar-refractivity contribution in [3.05, 3.63) is 65.2 Å². The molecule has 0 bridgehead atoms. The molecule has 0 amide bonds. The standard InChI is InChI=1S/C21H21N/c1-14(2)12-16-7-5-9-20-19(16)13-17-11-10-15-6-3-4-8-18(15)21(17)22-20/h3-9,13-14H,10-12H2,1-2H3. The molecule has 2 aromatic carbocycles. The fraction of sp³-hybridized carbons (Fsp3) is 0.286. The van der Waals surface area contributed by atoms with Crippen LogP contribution in [0, 0.1) is 5.92 Å². The number of hydrogen-bond donors (Lipinski definition) is 0. The molecule has 1 aliphatic rings. The van der Waals surface area contributed by atoms with E-state index in [1.807, 2.05) is 0 Å². The van der Waals surface area contributed by atoms with E-state index in [0.717, 1.165) is 24.8 Å². The molecule has 1 nitrogen and oxygen atoms in total. The van der Waals surface area contributed by atoms with Gasteiger partial charge in [0.25, 0.3) is 0 Å². The first-order chi connectivity index (χ1) is 10.7. The van der Waals surface area contributed by atoms with Crippen molar-refractivity contribution < 1.29 is 0 Å². The van der Waals surface area contributed by atoms with Gasteiger partial charge in [0.05, 0.1) is 11.2 Å². The van der Waals surface area contributed by atoms with Crippen LogP contribution in [0.15, 0.2) is 48.5 Å². The van der Waals surface area contributed by atoms with E-state index in [0.29, 0.717) is 5.92 Å². The van der Waals surface area contributed by atoms with E-state index in [9.17, 15) is 0 Å². The third-order valence-electron chi connectivity index (χ3n) is 4.59. The zero-order valence-electron chi connectivity index (χ0n) is 13.3. The minimum Gasteiger partial charge on any atom is -0.247 e. The number of hydrogen-bond acceptors (Lipinski definition) is 1. The summed E-state index contributed by atoms with van der Waals surface area (Å²) in [5.41, 5.74) is 7.91. The summed E-state index contributed by atoms with van der Waals surface area (Å²) < 4.78 is 0. The smallest absolute Gasteiger partial charge is 0.0744 e. The predicted octanol–water partition coefficient (Wildman–Crippen LogP) is 5.20. The monoisotopic (exact) mass is 287 g/mol. The molecule has 22 heavy (non-hydrogen) atoms. The van der Waals surface area contributed by atoms with Crippen LogP contribution in [-0.2, 0) is 19.3 Å². The summed E-state index contributed by atoms with van der Waals surface area (Å²) in [4.78, 5) is 5.03. The topological polar surface area (TPSA) is 12.9 Å². The van der Waals surface area contributed by atoms with Gasteiger partial charge in [-0.1, -0.05) is 50.2 Å². The van der Waals surface area contributed by atoms with Gasteiger partial charge in [0.2, 0.25) is 0 Å². The SMILES string of the molecule is CC(C)Cc1cccc2nc3c(cc12)CCc1ccccc1-3. The maximum absolute atomic E-state index is 5.03. The van der Waals surface area contributed by atoms with Crippen LogP contribution < -0.4 is 0 Å². The lowest BCUT2D eigenvalue weighted by molar-refractivity contribution is 0.650. The molecule has 0 saturated heterocycles. The minimum absolute atomic E-state index is 0.669. The van der Waals surface area contributed by atoms with Gasteiger partial charge in [-0.25, -0.2) is 4.98 Å². The normalized spacial score (nSPS) is 13.2. The van der Waals surface area contributed by atoms with Crippen LogP contribution in [0.1, 0.15) is 30.5 Å². The Morgan fingerprint density at radius 1 is 0.955 bits per heavy atom. The molecule has 1 heterocycles. The molecule has 1 aliphatic carbocycles.